The number of hydrogen-bond donors (Lipinski definition) is 0. The molecule has 0 aliphatic rings. The van der Waals surface area contributed by atoms with Crippen LogP contribution in [0.4, 0.5) is 0 Å². The first kappa shape index (κ1) is 10.9. The fraction of sp³-hybridized carbons (Fsp3) is 0.417. The molecule has 0 bridgehead atoms. The van der Waals surface area contributed by atoms with Crippen LogP contribution in [0, 0.1) is 0 Å². The highest BCUT2D eigenvalue weighted by Crippen LogP contribution is 2.03. The Balaban J connectivity index is 2.44. The first-order valence-electron chi connectivity index (χ1n) is 5.06. The van der Waals surface area contributed by atoms with Crippen LogP contribution in [-0.4, -0.2) is 24.3 Å². The van der Waals surface area contributed by atoms with Crippen molar-refractivity contribution in [2.24, 2.45) is 0 Å². The molecule has 76 valence electrons. The topological polar surface area (TPSA) is 20.3 Å². The molecule has 1 rings (SSSR count). The second kappa shape index (κ2) is 6.33. The summed E-state index contributed by atoms with van der Waals surface area (Å²) in [5, 5.41) is 0. The Labute approximate surface area is 85.5 Å². The van der Waals surface area contributed by atoms with Crippen LogP contribution in [0.3, 0.4) is 0 Å². The molecule has 0 spiro atoms. The van der Waals surface area contributed by atoms with E-state index in [1.54, 1.807) is 0 Å². The van der Waals surface area contributed by atoms with Crippen LogP contribution in [0.25, 0.3) is 0 Å². The molecular weight excluding hydrogens is 174 g/mol. The molecule has 0 radical (unpaired) electrons. The van der Waals surface area contributed by atoms with Gasteiger partial charge in [0, 0.05) is 19.5 Å². The van der Waals surface area contributed by atoms with Gasteiger partial charge in [0.1, 0.15) is 6.29 Å². The minimum absolute atomic E-state index is 0.626. The Hall–Kier alpha value is -1.15. The SMILES string of the molecule is CCN(CCC=O)Cc1ccccc1. The highest BCUT2D eigenvalue weighted by atomic mass is 16.1. The summed E-state index contributed by atoms with van der Waals surface area (Å²) in [6.07, 6.45) is 1.61. The summed E-state index contributed by atoms with van der Waals surface area (Å²) in [4.78, 5) is 12.5. The number of carbonyl (C=O) groups is 1. The number of aldehydes is 1. The monoisotopic (exact) mass is 191 g/mol. The van der Waals surface area contributed by atoms with Crippen molar-refractivity contribution in [1.29, 1.82) is 0 Å². The highest BCUT2D eigenvalue weighted by molar-refractivity contribution is 5.49. The molecule has 0 heterocycles. The molecule has 14 heavy (non-hydrogen) atoms. The smallest absolute Gasteiger partial charge is 0.121 e. The van der Waals surface area contributed by atoms with Crippen LogP contribution in [0.15, 0.2) is 30.3 Å². The van der Waals surface area contributed by atoms with Gasteiger partial charge in [-0.1, -0.05) is 37.3 Å². The molecule has 0 amide bonds. The first-order valence-corrected chi connectivity index (χ1v) is 5.06. The molecular formula is C12H17NO. The van der Waals surface area contributed by atoms with Crippen molar-refractivity contribution < 1.29 is 4.79 Å². The van der Waals surface area contributed by atoms with Crippen molar-refractivity contribution in [3.8, 4) is 0 Å². The fourth-order valence-electron chi connectivity index (χ4n) is 1.43. The zero-order valence-corrected chi connectivity index (χ0v) is 8.65. The van der Waals surface area contributed by atoms with E-state index in [1.807, 2.05) is 18.2 Å². The second-order valence-electron chi connectivity index (χ2n) is 3.31. The van der Waals surface area contributed by atoms with Crippen LogP contribution in [0.5, 0.6) is 0 Å². The Kier molecular flexibility index (Phi) is 4.94. The maximum Gasteiger partial charge on any atom is 0.121 e. The van der Waals surface area contributed by atoms with E-state index in [4.69, 9.17) is 0 Å². The quantitative estimate of drug-likeness (QED) is 0.642. The average Bonchev–Trinajstić information content (AvgIpc) is 2.25. The van der Waals surface area contributed by atoms with Crippen molar-refractivity contribution in [1.82, 2.24) is 4.90 Å². The summed E-state index contributed by atoms with van der Waals surface area (Å²) in [7, 11) is 0. The molecule has 0 unspecified atom stereocenters. The van der Waals surface area contributed by atoms with Gasteiger partial charge in [0.15, 0.2) is 0 Å². The molecule has 0 aliphatic heterocycles. The van der Waals surface area contributed by atoms with Gasteiger partial charge in [-0.25, -0.2) is 0 Å². The zero-order chi connectivity index (χ0) is 10.2. The minimum atomic E-state index is 0.626. The summed E-state index contributed by atoms with van der Waals surface area (Å²) in [6.45, 7) is 4.90. The van der Waals surface area contributed by atoms with E-state index in [0.29, 0.717) is 6.42 Å². The molecule has 2 nitrogen and oxygen atoms in total. The predicted octanol–water partition coefficient (Wildman–Crippen LogP) is 2.10. The van der Waals surface area contributed by atoms with Crippen LogP contribution < -0.4 is 0 Å². The third-order valence-electron chi connectivity index (χ3n) is 2.26. The molecule has 0 aromatic heterocycles. The molecule has 1 aromatic carbocycles. The van der Waals surface area contributed by atoms with E-state index in [0.717, 1.165) is 25.9 Å². The van der Waals surface area contributed by atoms with Gasteiger partial charge in [0.25, 0.3) is 0 Å². The number of carbonyl (C=O) groups excluding carboxylic acids is 1. The largest absolute Gasteiger partial charge is 0.303 e. The lowest BCUT2D eigenvalue weighted by atomic mass is 10.2. The number of benzene rings is 1. The number of rotatable bonds is 6. The summed E-state index contributed by atoms with van der Waals surface area (Å²) < 4.78 is 0. The second-order valence-corrected chi connectivity index (χ2v) is 3.31. The van der Waals surface area contributed by atoms with E-state index in [2.05, 4.69) is 24.0 Å². The maximum absolute atomic E-state index is 10.3. The van der Waals surface area contributed by atoms with Crippen molar-refractivity contribution >= 4 is 6.29 Å². The third-order valence-corrected chi connectivity index (χ3v) is 2.26. The Morgan fingerprint density at radius 1 is 1.29 bits per heavy atom. The Bertz CT molecular complexity index is 258. The summed E-state index contributed by atoms with van der Waals surface area (Å²) in [5.74, 6) is 0. The first-order chi connectivity index (χ1) is 6.86. The van der Waals surface area contributed by atoms with Gasteiger partial charge in [-0.15, -0.1) is 0 Å². The fourth-order valence-corrected chi connectivity index (χ4v) is 1.43. The normalized spacial score (nSPS) is 10.4. The average molecular weight is 191 g/mol. The maximum atomic E-state index is 10.3. The van der Waals surface area contributed by atoms with Gasteiger partial charge in [0.2, 0.25) is 0 Å². The van der Waals surface area contributed by atoms with E-state index in [9.17, 15) is 4.79 Å². The lowest BCUT2D eigenvalue weighted by Crippen LogP contribution is -2.24. The van der Waals surface area contributed by atoms with Crippen molar-refractivity contribution in [3.63, 3.8) is 0 Å². The van der Waals surface area contributed by atoms with Gasteiger partial charge >= 0.3 is 0 Å². The van der Waals surface area contributed by atoms with Gasteiger partial charge < -0.3 is 4.79 Å². The van der Waals surface area contributed by atoms with Gasteiger partial charge in [-0.2, -0.15) is 0 Å². The van der Waals surface area contributed by atoms with Gasteiger partial charge in [0.05, 0.1) is 0 Å². The highest BCUT2D eigenvalue weighted by Gasteiger charge is 2.01. The summed E-state index contributed by atoms with van der Waals surface area (Å²) in [5.41, 5.74) is 1.31. The lowest BCUT2D eigenvalue weighted by molar-refractivity contribution is -0.108. The summed E-state index contributed by atoms with van der Waals surface area (Å²) >= 11 is 0. The van der Waals surface area contributed by atoms with E-state index >= 15 is 0 Å². The Morgan fingerprint density at radius 2 is 2.00 bits per heavy atom. The van der Waals surface area contributed by atoms with Crippen LogP contribution >= 0.6 is 0 Å². The van der Waals surface area contributed by atoms with Crippen molar-refractivity contribution in [3.05, 3.63) is 35.9 Å². The molecule has 0 atom stereocenters. The number of hydrogen-bond acceptors (Lipinski definition) is 2. The van der Waals surface area contributed by atoms with Gasteiger partial charge in [-0.3, -0.25) is 4.90 Å². The molecule has 1 aromatic rings. The molecule has 0 fully saturated rings. The van der Waals surface area contributed by atoms with Crippen LogP contribution in [0.2, 0.25) is 0 Å². The standard InChI is InChI=1S/C12H17NO/c1-2-13(9-6-10-14)11-12-7-4-3-5-8-12/h3-5,7-8,10H,2,6,9,11H2,1H3. The molecule has 0 saturated heterocycles. The summed E-state index contributed by atoms with van der Waals surface area (Å²) in [6, 6.07) is 10.3. The molecule has 0 saturated carbocycles. The van der Waals surface area contributed by atoms with Crippen LogP contribution in [0.1, 0.15) is 18.9 Å². The van der Waals surface area contributed by atoms with E-state index in [-0.39, 0.29) is 0 Å². The molecule has 0 N–H and O–H groups in total. The zero-order valence-electron chi connectivity index (χ0n) is 8.65. The van der Waals surface area contributed by atoms with E-state index in [1.165, 1.54) is 5.56 Å². The van der Waals surface area contributed by atoms with E-state index < -0.39 is 0 Å². The predicted molar refractivity (Wildman–Crippen MR) is 58.1 cm³/mol. The van der Waals surface area contributed by atoms with Crippen molar-refractivity contribution in [2.75, 3.05) is 13.1 Å². The van der Waals surface area contributed by atoms with Gasteiger partial charge in [-0.05, 0) is 12.1 Å². The molecule has 0 aliphatic carbocycles. The third kappa shape index (κ3) is 3.71. The number of nitrogens with zero attached hydrogens (tertiary/aromatic N) is 1. The van der Waals surface area contributed by atoms with Crippen molar-refractivity contribution in [2.45, 2.75) is 19.9 Å². The lowest BCUT2D eigenvalue weighted by Gasteiger charge is -2.18. The van der Waals surface area contributed by atoms with Crippen LogP contribution in [-0.2, 0) is 11.3 Å². The Morgan fingerprint density at radius 3 is 2.57 bits per heavy atom. The minimum Gasteiger partial charge on any atom is -0.303 e. The molecule has 2 heteroatoms.